The SMILES string of the molecule is CC/C=C/[N+](CC)(CC)CC.[Cl-]. The third-order valence-corrected chi connectivity index (χ3v) is 2.55. The Hall–Kier alpha value is -0.0100. The second-order valence-corrected chi connectivity index (χ2v) is 2.96. The molecule has 1 nitrogen and oxygen atoms in total. The van der Waals surface area contributed by atoms with Crippen LogP contribution in [-0.2, 0) is 0 Å². The van der Waals surface area contributed by atoms with E-state index in [0.29, 0.717) is 0 Å². The first-order chi connectivity index (χ1) is 5.24. The normalized spacial score (nSPS) is 11.7. The maximum absolute atomic E-state index is 2.35. The molecule has 0 rings (SSSR count). The molecule has 0 N–H and O–H groups in total. The van der Waals surface area contributed by atoms with Gasteiger partial charge in [0.2, 0.25) is 0 Å². The second-order valence-electron chi connectivity index (χ2n) is 2.96. The van der Waals surface area contributed by atoms with Gasteiger partial charge in [-0.1, -0.05) is 6.92 Å². The number of hydrogen-bond donors (Lipinski definition) is 0. The number of nitrogens with zero attached hydrogens (tertiary/aromatic N) is 1. The van der Waals surface area contributed by atoms with Gasteiger partial charge in [-0.3, -0.25) is 4.48 Å². The molecular formula is C10H22ClN. The first kappa shape index (κ1) is 14.5. The lowest BCUT2D eigenvalue weighted by atomic mass is 10.3. The molecule has 0 saturated carbocycles. The largest absolute Gasteiger partial charge is 1.00 e. The Labute approximate surface area is 83.5 Å². The fourth-order valence-corrected chi connectivity index (χ4v) is 1.32. The van der Waals surface area contributed by atoms with Crippen molar-refractivity contribution in [2.75, 3.05) is 19.6 Å². The van der Waals surface area contributed by atoms with E-state index in [0.717, 1.165) is 10.9 Å². The molecule has 0 atom stereocenters. The van der Waals surface area contributed by atoms with E-state index in [4.69, 9.17) is 0 Å². The minimum absolute atomic E-state index is 0. The molecule has 0 aromatic rings. The molecule has 0 saturated heterocycles. The minimum atomic E-state index is 0. The molecule has 0 aliphatic rings. The lowest BCUT2D eigenvalue weighted by molar-refractivity contribution is -0.874. The van der Waals surface area contributed by atoms with E-state index >= 15 is 0 Å². The van der Waals surface area contributed by atoms with E-state index in [1.807, 2.05) is 0 Å². The summed E-state index contributed by atoms with van der Waals surface area (Å²) in [6.45, 7) is 12.6. The van der Waals surface area contributed by atoms with Gasteiger partial charge in [0.25, 0.3) is 0 Å². The number of quaternary nitrogens is 1. The lowest BCUT2D eigenvalue weighted by Gasteiger charge is -2.31. The Kier molecular flexibility index (Phi) is 9.23. The topological polar surface area (TPSA) is 0 Å². The van der Waals surface area contributed by atoms with Gasteiger partial charge in [0.15, 0.2) is 0 Å². The predicted molar refractivity (Wildman–Crippen MR) is 51.3 cm³/mol. The van der Waals surface area contributed by atoms with E-state index in [1.165, 1.54) is 19.6 Å². The van der Waals surface area contributed by atoms with Gasteiger partial charge in [0.1, 0.15) is 0 Å². The summed E-state index contributed by atoms with van der Waals surface area (Å²) in [4.78, 5) is 0. The summed E-state index contributed by atoms with van der Waals surface area (Å²) < 4.78 is 1.13. The number of rotatable bonds is 5. The molecule has 0 spiro atoms. The quantitative estimate of drug-likeness (QED) is 0.528. The average Bonchev–Trinajstić information content (AvgIpc) is 2.08. The highest BCUT2D eigenvalue weighted by molar-refractivity contribution is 4.72. The molecule has 0 aromatic heterocycles. The molecule has 0 aromatic carbocycles. The minimum Gasteiger partial charge on any atom is -1.00 e. The molecule has 0 aliphatic heterocycles. The van der Waals surface area contributed by atoms with Gasteiger partial charge in [-0.25, -0.2) is 0 Å². The van der Waals surface area contributed by atoms with E-state index in [1.54, 1.807) is 0 Å². The highest BCUT2D eigenvalue weighted by atomic mass is 35.5. The first-order valence-corrected chi connectivity index (χ1v) is 4.78. The van der Waals surface area contributed by atoms with Crippen LogP contribution in [0.4, 0.5) is 0 Å². The molecule has 0 fully saturated rings. The van der Waals surface area contributed by atoms with E-state index in [2.05, 4.69) is 40.0 Å². The van der Waals surface area contributed by atoms with Gasteiger partial charge in [-0.15, -0.1) is 0 Å². The number of halogens is 1. The molecule has 0 amide bonds. The zero-order chi connectivity index (χ0) is 8.74. The molecule has 0 unspecified atom stereocenters. The summed E-state index contributed by atoms with van der Waals surface area (Å²) >= 11 is 0. The zero-order valence-electron chi connectivity index (χ0n) is 8.81. The summed E-state index contributed by atoms with van der Waals surface area (Å²) in [6.07, 6.45) is 5.77. The molecule has 12 heavy (non-hydrogen) atoms. The Morgan fingerprint density at radius 1 is 0.917 bits per heavy atom. The van der Waals surface area contributed by atoms with Gasteiger partial charge in [-0.2, -0.15) is 0 Å². The molecule has 74 valence electrons. The summed E-state index contributed by atoms with van der Waals surface area (Å²) in [7, 11) is 0. The van der Waals surface area contributed by atoms with Crippen LogP contribution in [0.1, 0.15) is 34.1 Å². The van der Waals surface area contributed by atoms with Crippen LogP contribution < -0.4 is 12.4 Å². The number of allylic oxidation sites excluding steroid dienone is 1. The van der Waals surface area contributed by atoms with Crippen molar-refractivity contribution in [3.63, 3.8) is 0 Å². The standard InChI is InChI=1S/C10H22N.ClH/c1-5-9-10-11(6-2,7-3)8-4;/h9-10H,5-8H2,1-4H3;1H/q+1;/p-1/b10-9+;. The summed E-state index contributed by atoms with van der Waals surface area (Å²) in [5, 5.41) is 0. The average molecular weight is 192 g/mol. The van der Waals surface area contributed by atoms with Crippen LogP contribution in [0.2, 0.25) is 0 Å². The lowest BCUT2D eigenvalue weighted by Crippen LogP contribution is -3.00. The molecular weight excluding hydrogens is 170 g/mol. The van der Waals surface area contributed by atoms with Crippen molar-refractivity contribution in [3.8, 4) is 0 Å². The van der Waals surface area contributed by atoms with Gasteiger partial charge < -0.3 is 12.4 Å². The summed E-state index contributed by atoms with van der Waals surface area (Å²) in [6, 6.07) is 0. The fraction of sp³-hybridized carbons (Fsp3) is 0.800. The van der Waals surface area contributed by atoms with Crippen LogP contribution >= 0.6 is 0 Å². The zero-order valence-corrected chi connectivity index (χ0v) is 9.56. The first-order valence-electron chi connectivity index (χ1n) is 4.78. The Bertz CT molecular complexity index is 109. The third-order valence-electron chi connectivity index (χ3n) is 2.55. The Morgan fingerprint density at radius 2 is 1.33 bits per heavy atom. The van der Waals surface area contributed by atoms with Crippen molar-refractivity contribution in [1.29, 1.82) is 0 Å². The van der Waals surface area contributed by atoms with Crippen molar-refractivity contribution < 1.29 is 16.9 Å². The molecule has 0 bridgehead atoms. The summed E-state index contributed by atoms with van der Waals surface area (Å²) in [5.74, 6) is 0. The maximum atomic E-state index is 2.35. The molecule has 0 radical (unpaired) electrons. The van der Waals surface area contributed by atoms with Gasteiger partial charge in [0, 0.05) is 0 Å². The predicted octanol–water partition coefficient (Wildman–Crippen LogP) is -0.209. The highest BCUT2D eigenvalue weighted by Gasteiger charge is 2.15. The van der Waals surface area contributed by atoms with Crippen LogP contribution in [0.25, 0.3) is 0 Å². The fourth-order valence-electron chi connectivity index (χ4n) is 1.32. The molecule has 0 heterocycles. The van der Waals surface area contributed by atoms with Crippen molar-refractivity contribution in [2.24, 2.45) is 0 Å². The Morgan fingerprint density at radius 3 is 1.58 bits per heavy atom. The van der Waals surface area contributed by atoms with Crippen molar-refractivity contribution in [1.82, 2.24) is 0 Å². The Balaban J connectivity index is 0. The van der Waals surface area contributed by atoms with Crippen molar-refractivity contribution in [3.05, 3.63) is 12.3 Å². The van der Waals surface area contributed by atoms with Crippen LogP contribution in [0.5, 0.6) is 0 Å². The van der Waals surface area contributed by atoms with Crippen molar-refractivity contribution >= 4 is 0 Å². The molecule has 2 heteroatoms. The third kappa shape index (κ3) is 4.13. The number of hydrogen-bond acceptors (Lipinski definition) is 0. The second kappa shape index (κ2) is 7.63. The molecule has 0 aliphatic carbocycles. The van der Waals surface area contributed by atoms with E-state index in [-0.39, 0.29) is 12.4 Å². The maximum Gasteiger partial charge on any atom is 0.0917 e. The van der Waals surface area contributed by atoms with E-state index < -0.39 is 0 Å². The van der Waals surface area contributed by atoms with Crippen LogP contribution in [0, 0.1) is 0 Å². The summed E-state index contributed by atoms with van der Waals surface area (Å²) in [5.41, 5.74) is 0. The smallest absolute Gasteiger partial charge is 0.0917 e. The van der Waals surface area contributed by atoms with Gasteiger partial charge in [0.05, 0.1) is 25.8 Å². The van der Waals surface area contributed by atoms with Crippen LogP contribution in [-0.4, -0.2) is 24.1 Å². The van der Waals surface area contributed by atoms with Crippen LogP contribution in [0.15, 0.2) is 12.3 Å². The van der Waals surface area contributed by atoms with Gasteiger partial charge >= 0.3 is 0 Å². The van der Waals surface area contributed by atoms with Crippen LogP contribution in [0.3, 0.4) is 0 Å². The monoisotopic (exact) mass is 191 g/mol. The van der Waals surface area contributed by atoms with E-state index in [9.17, 15) is 0 Å². The highest BCUT2D eigenvalue weighted by Crippen LogP contribution is 2.06. The van der Waals surface area contributed by atoms with Crippen molar-refractivity contribution in [2.45, 2.75) is 34.1 Å². The van der Waals surface area contributed by atoms with Gasteiger partial charge in [-0.05, 0) is 33.3 Å².